The van der Waals surface area contributed by atoms with Gasteiger partial charge in [0.05, 0.1) is 58.0 Å². The highest BCUT2D eigenvalue weighted by Gasteiger charge is 2.33. The van der Waals surface area contributed by atoms with Crippen LogP contribution in [-0.4, -0.2) is 60.1 Å². The Balaban J connectivity index is 1.35. The molecular weight excluding hydrogens is 593 g/mol. The normalized spacial score (nSPS) is 14.3. The summed E-state index contributed by atoms with van der Waals surface area (Å²) in [7, 11) is 6.18. The average Bonchev–Trinajstić information content (AvgIpc) is 3.68. The number of benzene rings is 3. The summed E-state index contributed by atoms with van der Waals surface area (Å²) in [5.74, 6) is 1.73. The molecule has 230 valence electrons. The number of carbonyl (C=O) groups is 1. The van der Waals surface area contributed by atoms with E-state index in [0.717, 1.165) is 16.7 Å². The number of aromatic nitrogens is 3. The third kappa shape index (κ3) is 6.40. The van der Waals surface area contributed by atoms with Crippen molar-refractivity contribution in [2.24, 2.45) is 5.10 Å². The first-order valence-corrected chi connectivity index (χ1v) is 13.9. The Bertz CT molecular complexity index is 1690. The minimum absolute atomic E-state index is 0.0460. The molecule has 0 N–H and O–H groups in total. The number of hydrazone groups is 1. The molecule has 0 radical (unpaired) electrons. The number of hydrogen-bond donors (Lipinski definition) is 0. The molecule has 0 aliphatic carbocycles. The second-order valence-electron chi connectivity index (χ2n) is 9.90. The van der Waals surface area contributed by atoms with Crippen LogP contribution in [0.3, 0.4) is 0 Å². The molecule has 1 aliphatic rings. The minimum Gasteiger partial charge on any atom is -0.493 e. The van der Waals surface area contributed by atoms with Gasteiger partial charge in [-0.05, 0) is 47.5 Å². The molecule has 2 heterocycles. The number of hydrogen-bond acceptors (Lipinski definition) is 9. The summed E-state index contributed by atoms with van der Waals surface area (Å²) in [6.07, 6.45) is 2.17. The van der Waals surface area contributed by atoms with E-state index in [4.69, 9.17) is 35.3 Å². The molecule has 5 rings (SSSR count). The van der Waals surface area contributed by atoms with E-state index in [1.54, 1.807) is 62.5 Å². The molecule has 0 saturated heterocycles. The molecule has 44 heavy (non-hydrogen) atoms. The number of ether oxygens (including phenoxy) is 5. The lowest BCUT2D eigenvalue weighted by atomic mass is 9.97. The Labute approximate surface area is 258 Å². The van der Waals surface area contributed by atoms with Gasteiger partial charge >= 0.3 is 0 Å². The van der Waals surface area contributed by atoms with Gasteiger partial charge in [-0.25, -0.2) is 14.1 Å². The van der Waals surface area contributed by atoms with Crippen molar-refractivity contribution >= 4 is 23.2 Å². The van der Waals surface area contributed by atoms with Gasteiger partial charge in [-0.2, -0.15) is 5.10 Å². The molecule has 1 unspecified atom stereocenters. The van der Waals surface area contributed by atoms with Gasteiger partial charge in [0.2, 0.25) is 11.7 Å². The first-order chi connectivity index (χ1) is 21.2. The Kier molecular flexibility index (Phi) is 9.19. The van der Waals surface area contributed by atoms with Crippen LogP contribution in [0, 0.1) is 5.82 Å². The Morgan fingerprint density at radius 3 is 2.32 bits per heavy atom. The van der Waals surface area contributed by atoms with Crippen molar-refractivity contribution in [1.82, 2.24) is 20.0 Å². The fraction of sp³-hybridized carbons (Fsp3) is 0.290. The lowest BCUT2D eigenvalue weighted by molar-refractivity contribution is -0.130. The lowest BCUT2D eigenvalue weighted by Crippen LogP contribution is -2.24. The summed E-state index contributed by atoms with van der Waals surface area (Å²) in [6.45, 7) is 1.94. The topological polar surface area (TPSA) is 110 Å². The molecule has 13 heteroatoms. The fourth-order valence-electron chi connectivity index (χ4n) is 4.95. The van der Waals surface area contributed by atoms with E-state index in [2.05, 4.69) is 15.4 Å². The highest BCUT2D eigenvalue weighted by Crippen LogP contribution is 2.42. The molecule has 1 atom stereocenters. The fourth-order valence-corrected chi connectivity index (χ4v) is 5.16. The summed E-state index contributed by atoms with van der Waals surface area (Å²) >= 11 is 5.90. The van der Waals surface area contributed by atoms with Gasteiger partial charge in [0.1, 0.15) is 18.1 Å². The summed E-state index contributed by atoms with van der Waals surface area (Å²) in [5.41, 5.74) is 3.58. The van der Waals surface area contributed by atoms with Crippen LogP contribution >= 0.6 is 11.6 Å². The number of rotatable bonds is 11. The van der Waals surface area contributed by atoms with Crippen LogP contribution in [0.1, 0.15) is 41.8 Å². The number of amides is 1. The third-order valence-electron chi connectivity index (χ3n) is 7.09. The summed E-state index contributed by atoms with van der Waals surface area (Å²) in [4.78, 5) is 12.7. The zero-order chi connectivity index (χ0) is 31.4. The molecule has 0 fully saturated rings. The second kappa shape index (κ2) is 13.2. The van der Waals surface area contributed by atoms with Gasteiger partial charge in [0.25, 0.3) is 0 Å². The van der Waals surface area contributed by atoms with Crippen molar-refractivity contribution in [3.8, 4) is 28.7 Å². The molecule has 11 nitrogen and oxygen atoms in total. The Hall–Kier alpha value is -4.84. The lowest BCUT2D eigenvalue weighted by Gasteiger charge is -2.21. The monoisotopic (exact) mass is 623 g/mol. The van der Waals surface area contributed by atoms with Crippen LogP contribution in [0.2, 0.25) is 5.02 Å². The van der Waals surface area contributed by atoms with Crippen LogP contribution < -0.4 is 23.7 Å². The number of nitrogens with zero attached hydrogens (tertiary/aromatic N) is 5. The van der Waals surface area contributed by atoms with Crippen LogP contribution in [0.5, 0.6) is 28.7 Å². The Morgan fingerprint density at radius 2 is 1.68 bits per heavy atom. The first-order valence-electron chi connectivity index (χ1n) is 13.6. The quantitative estimate of drug-likeness (QED) is 0.218. The smallest absolute Gasteiger partial charge is 0.240 e. The molecular formula is C31H31ClFN5O6. The molecule has 3 aromatic carbocycles. The van der Waals surface area contributed by atoms with Crippen LogP contribution in [0.15, 0.2) is 59.8 Å². The maximum absolute atomic E-state index is 13.5. The van der Waals surface area contributed by atoms with Crippen molar-refractivity contribution in [1.29, 1.82) is 0 Å². The van der Waals surface area contributed by atoms with Gasteiger partial charge in [-0.1, -0.05) is 28.9 Å². The van der Waals surface area contributed by atoms with Crippen molar-refractivity contribution in [3.05, 3.63) is 88.0 Å². The molecule has 0 bridgehead atoms. The predicted molar refractivity (Wildman–Crippen MR) is 160 cm³/mol. The van der Waals surface area contributed by atoms with Crippen LogP contribution in [0.25, 0.3) is 0 Å². The van der Waals surface area contributed by atoms with E-state index in [1.165, 1.54) is 25.1 Å². The SMILES string of the molecule is COc1ccc(C2CC(c3cc(OC)c(OC)c(OC)c3)=NN2C(C)=O)cc1OCc1cn(Cc2ccc(F)c(Cl)c2)nn1. The predicted octanol–water partition coefficient (Wildman–Crippen LogP) is 5.43. The van der Waals surface area contributed by atoms with Gasteiger partial charge in [-0.3, -0.25) is 4.79 Å². The van der Waals surface area contributed by atoms with E-state index in [-0.39, 0.29) is 17.5 Å². The molecule has 4 aromatic rings. The average molecular weight is 624 g/mol. The van der Waals surface area contributed by atoms with Crippen molar-refractivity contribution in [2.75, 3.05) is 28.4 Å². The van der Waals surface area contributed by atoms with E-state index in [0.29, 0.717) is 53.1 Å². The number of methoxy groups -OCH3 is 4. The highest BCUT2D eigenvalue weighted by atomic mass is 35.5. The number of carbonyl (C=O) groups excluding carboxylic acids is 1. The van der Waals surface area contributed by atoms with Crippen molar-refractivity contribution in [3.63, 3.8) is 0 Å². The standard InChI is InChI=1S/C31H31ClFN5O6/c1-18(39)38-26(14-25(35-38)21-12-29(41-3)31(43-5)30(13-21)42-4)20-7-9-27(40-2)28(11-20)44-17-22-16-37(36-34-22)15-19-6-8-24(33)23(32)10-19/h6-13,16,26H,14-15,17H2,1-5H3. The van der Waals surface area contributed by atoms with E-state index >= 15 is 0 Å². The maximum Gasteiger partial charge on any atom is 0.240 e. The van der Waals surface area contributed by atoms with E-state index < -0.39 is 11.9 Å². The van der Waals surface area contributed by atoms with Gasteiger partial charge in [0.15, 0.2) is 23.0 Å². The summed E-state index contributed by atoms with van der Waals surface area (Å²) in [6, 6.07) is 13.2. The third-order valence-corrected chi connectivity index (χ3v) is 7.38. The number of halogens is 2. The second-order valence-corrected chi connectivity index (χ2v) is 10.3. The zero-order valence-electron chi connectivity index (χ0n) is 24.8. The zero-order valence-corrected chi connectivity index (χ0v) is 25.6. The summed E-state index contributed by atoms with van der Waals surface area (Å²) in [5, 5.41) is 14.5. The minimum atomic E-state index is -0.479. The molecule has 0 spiro atoms. The largest absolute Gasteiger partial charge is 0.493 e. The van der Waals surface area contributed by atoms with E-state index in [1.807, 2.05) is 12.1 Å². The summed E-state index contributed by atoms with van der Waals surface area (Å²) < 4.78 is 43.2. The van der Waals surface area contributed by atoms with Crippen molar-refractivity contribution < 1.29 is 32.9 Å². The molecule has 0 saturated carbocycles. The van der Waals surface area contributed by atoms with Gasteiger partial charge in [-0.15, -0.1) is 5.10 Å². The molecule has 1 aromatic heterocycles. The molecule has 1 aliphatic heterocycles. The molecule has 1 amide bonds. The van der Waals surface area contributed by atoms with Crippen molar-refractivity contribution in [2.45, 2.75) is 32.5 Å². The van der Waals surface area contributed by atoms with Crippen LogP contribution in [-0.2, 0) is 17.9 Å². The first kappa shape index (κ1) is 30.6. The van der Waals surface area contributed by atoms with Crippen LogP contribution in [0.4, 0.5) is 4.39 Å². The Morgan fingerprint density at radius 1 is 0.955 bits per heavy atom. The van der Waals surface area contributed by atoms with Gasteiger partial charge < -0.3 is 23.7 Å². The highest BCUT2D eigenvalue weighted by molar-refractivity contribution is 6.30. The maximum atomic E-state index is 13.5. The van der Waals surface area contributed by atoms with Gasteiger partial charge in [0, 0.05) is 18.9 Å². The van der Waals surface area contributed by atoms with E-state index in [9.17, 15) is 9.18 Å².